The molecule has 1 saturated heterocycles. The summed E-state index contributed by atoms with van der Waals surface area (Å²) in [5.41, 5.74) is 7.92. The van der Waals surface area contributed by atoms with Gasteiger partial charge in [0.15, 0.2) is 0 Å². The highest BCUT2D eigenvalue weighted by molar-refractivity contribution is 9.10. The first-order chi connectivity index (χ1) is 13.2. The van der Waals surface area contributed by atoms with Crippen molar-refractivity contribution >= 4 is 33.4 Å². The summed E-state index contributed by atoms with van der Waals surface area (Å²) in [6.45, 7) is 1.49. The van der Waals surface area contributed by atoms with Crippen molar-refractivity contribution in [3.05, 3.63) is 64.6 Å². The van der Waals surface area contributed by atoms with Crippen LogP contribution in [0.1, 0.15) is 24.8 Å². The van der Waals surface area contributed by atoms with Crippen LogP contribution in [-0.2, 0) is 10.6 Å². The number of hydrazine groups is 1. The summed E-state index contributed by atoms with van der Waals surface area (Å²) in [5, 5.41) is 3.52. The number of aliphatic imine (C=N–C) groups is 1. The number of nitrogens with zero attached hydrogens (tertiary/aromatic N) is 2. The second-order valence-electron chi connectivity index (χ2n) is 6.70. The molecule has 2 heterocycles. The average Bonchev–Trinajstić information content (AvgIpc) is 2.94. The molecule has 0 saturated carbocycles. The fourth-order valence-corrected chi connectivity index (χ4v) is 3.78. The normalized spacial score (nSPS) is 22.5. The third kappa shape index (κ3) is 3.57. The highest BCUT2D eigenvalue weighted by Gasteiger charge is 2.48. The Bertz CT molecular complexity index is 839. The highest BCUT2D eigenvalue weighted by Crippen LogP contribution is 2.33. The first-order valence-corrected chi connectivity index (χ1v) is 9.98. The predicted octanol–water partition coefficient (Wildman–Crippen LogP) is 3.19. The van der Waals surface area contributed by atoms with E-state index in [0.29, 0.717) is 12.4 Å². The predicted molar refractivity (Wildman–Crippen MR) is 110 cm³/mol. The van der Waals surface area contributed by atoms with Crippen LogP contribution in [0.4, 0.5) is 5.69 Å². The molecule has 1 unspecified atom stereocenters. The van der Waals surface area contributed by atoms with E-state index < -0.39 is 5.79 Å². The first-order valence-electron chi connectivity index (χ1n) is 9.19. The standard InChI is InChI=1S/C20H22BrN5O/c21-16-9-11-17(12-10-16)24-25-18-19(27)26-14-6-2-5-13-22-20(26,23-18)15-7-3-1-4-8-15/h1,3-4,7-12,22,24H,2,5-6,13-14H2,(H,23,25). The molecule has 0 spiro atoms. The van der Waals surface area contributed by atoms with E-state index in [4.69, 9.17) is 4.99 Å². The molecule has 2 aromatic carbocycles. The number of nitrogens with one attached hydrogen (secondary N) is 3. The molecule has 3 N–H and O–H groups in total. The molecule has 1 fully saturated rings. The Kier molecular flexibility index (Phi) is 5.13. The fraction of sp³-hybridized carbons (Fsp3) is 0.300. The van der Waals surface area contributed by atoms with Gasteiger partial charge in [-0.15, -0.1) is 0 Å². The minimum absolute atomic E-state index is 0.0992. The van der Waals surface area contributed by atoms with E-state index >= 15 is 0 Å². The zero-order chi connectivity index (χ0) is 18.7. The van der Waals surface area contributed by atoms with Crippen LogP contribution in [0.25, 0.3) is 0 Å². The smallest absolute Gasteiger partial charge is 0.294 e. The van der Waals surface area contributed by atoms with Crippen LogP contribution in [0.5, 0.6) is 0 Å². The van der Waals surface area contributed by atoms with Gasteiger partial charge in [0, 0.05) is 16.6 Å². The minimum atomic E-state index is -0.845. The number of halogens is 1. The zero-order valence-electron chi connectivity index (χ0n) is 14.9. The molecule has 1 amide bonds. The number of amides is 1. The lowest BCUT2D eigenvalue weighted by molar-refractivity contribution is -0.130. The van der Waals surface area contributed by atoms with Gasteiger partial charge in [-0.1, -0.05) is 52.7 Å². The van der Waals surface area contributed by atoms with Crippen molar-refractivity contribution in [3.63, 3.8) is 0 Å². The van der Waals surface area contributed by atoms with Crippen molar-refractivity contribution in [2.45, 2.75) is 25.0 Å². The van der Waals surface area contributed by atoms with Gasteiger partial charge in [-0.25, -0.2) is 4.99 Å². The van der Waals surface area contributed by atoms with Crippen LogP contribution in [0, 0.1) is 0 Å². The second kappa shape index (κ2) is 7.70. The van der Waals surface area contributed by atoms with Crippen molar-refractivity contribution in [2.75, 3.05) is 18.5 Å². The maximum atomic E-state index is 13.1. The lowest BCUT2D eigenvalue weighted by Gasteiger charge is -2.38. The van der Waals surface area contributed by atoms with Gasteiger partial charge < -0.3 is 0 Å². The Balaban J connectivity index is 1.64. The molecule has 4 rings (SSSR count). The molecule has 1 atom stereocenters. The summed E-state index contributed by atoms with van der Waals surface area (Å²) in [6.07, 6.45) is 3.15. The van der Waals surface area contributed by atoms with Crippen LogP contribution in [-0.4, -0.2) is 29.7 Å². The number of amidine groups is 1. The van der Waals surface area contributed by atoms with E-state index in [9.17, 15) is 4.79 Å². The largest absolute Gasteiger partial charge is 0.299 e. The molecule has 27 heavy (non-hydrogen) atoms. The second-order valence-corrected chi connectivity index (χ2v) is 7.62. The summed E-state index contributed by atoms with van der Waals surface area (Å²) < 4.78 is 0.999. The van der Waals surface area contributed by atoms with Crippen molar-refractivity contribution in [2.24, 2.45) is 4.99 Å². The lowest BCUT2D eigenvalue weighted by Crippen LogP contribution is -2.55. The van der Waals surface area contributed by atoms with Crippen LogP contribution < -0.4 is 16.2 Å². The Morgan fingerprint density at radius 3 is 2.56 bits per heavy atom. The van der Waals surface area contributed by atoms with Crippen LogP contribution >= 0.6 is 15.9 Å². The van der Waals surface area contributed by atoms with E-state index in [1.807, 2.05) is 59.5 Å². The van der Waals surface area contributed by atoms with Gasteiger partial charge in [-0.3, -0.25) is 25.9 Å². The molecule has 2 aliphatic rings. The molecule has 2 aliphatic heterocycles. The monoisotopic (exact) mass is 427 g/mol. The molecule has 0 bridgehead atoms. The van der Waals surface area contributed by atoms with Gasteiger partial charge in [0.25, 0.3) is 5.91 Å². The van der Waals surface area contributed by atoms with Crippen molar-refractivity contribution in [1.82, 2.24) is 15.6 Å². The number of hydrogen-bond donors (Lipinski definition) is 3. The SMILES string of the molecule is O=C1C(NNc2ccc(Br)cc2)=NC2(c3ccccc3)NCCCCCN12. The van der Waals surface area contributed by atoms with Crippen molar-refractivity contribution in [1.29, 1.82) is 0 Å². The van der Waals surface area contributed by atoms with E-state index in [1.54, 1.807) is 0 Å². The molecular weight excluding hydrogens is 406 g/mol. The Hall–Kier alpha value is -2.38. The number of anilines is 1. The fourth-order valence-electron chi connectivity index (χ4n) is 3.52. The molecule has 0 aromatic heterocycles. The quantitative estimate of drug-likeness (QED) is 0.657. The van der Waals surface area contributed by atoms with Gasteiger partial charge in [-0.05, 0) is 43.7 Å². The first kappa shape index (κ1) is 18.0. The van der Waals surface area contributed by atoms with Crippen molar-refractivity contribution in [3.8, 4) is 0 Å². The number of hydrogen-bond acceptors (Lipinski definition) is 5. The van der Waals surface area contributed by atoms with Crippen molar-refractivity contribution < 1.29 is 4.79 Å². The maximum Gasteiger partial charge on any atom is 0.294 e. The van der Waals surface area contributed by atoms with E-state index in [0.717, 1.165) is 41.5 Å². The summed E-state index contributed by atoms with van der Waals surface area (Å²) in [5.74, 6) is -0.628. The number of benzene rings is 2. The zero-order valence-corrected chi connectivity index (χ0v) is 16.5. The van der Waals surface area contributed by atoms with Gasteiger partial charge in [0.05, 0.1) is 5.69 Å². The summed E-state index contributed by atoms with van der Waals surface area (Å²) in [6, 6.07) is 17.7. The molecular formula is C20H22BrN5O. The molecule has 0 radical (unpaired) electrons. The van der Waals surface area contributed by atoms with E-state index in [-0.39, 0.29) is 5.91 Å². The van der Waals surface area contributed by atoms with Crippen LogP contribution in [0.3, 0.4) is 0 Å². The van der Waals surface area contributed by atoms with E-state index in [2.05, 4.69) is 32.1 Å². The van der Waals surface area contributed by atoms with Gasteiger partial charge >= 0.3 is 0 Å². The third-order valence-electron chi connectivity index (χ3n) is 4.89. The summed E-state index contributed by atoms with van der Waals surface area (Å²) >= 11 is 3.42. The molecule has 140 valence electrons. The number of carbonyl (C=O) groups excluding carboxylic acids is 1. The van der Waals surface area contributed by atoms with E-state index in [1.165, 1.54) is 0 Å². The molecule has 0 aliphatic carbocycles. The number of rotatable bonds is 3. The Morgan fingerprint density at radius 1 is 1.00 bits per heavy atom. The summed E-state index contributed by atoms with van der Waals surface area (Å²) in [4.78, 5) is 19.8. The average molecular weight is 428 g/mol. The van der Waals surface area contributed by atoms with Crippen LogP contribution in [0.2, 0.25) is 0 Å². The number of carbonyl (C=O) groups is 1. The molecule has 6 nitrogen and oxygen atoms in total. The number of fused-ring (bicyclic) bond motifs is 1. The molecule has 7 heteroatoms. The highest BCUT2D eigenvalue weighted by atomic mass is 79.9. The van der Waals surface area contributed by atoms with Gasteiger partial charge in [0.1, 0.15) is 0 Å². The summed E-state index contributed by atoms with van der Waals surface area (Å²) in [7, 11) is 0. The molecule has 2 aromatic rings. The van der Waals surface area contributed by atoms with Gasteiger partial charge in [0.2, 0.25) is 11.6 Å². The lowest BCUT2D eigenvalue weighted by atomic mass is 10.0. The maximum absolute atomic E-state index is 13.1. The topological polar surface area (TPSA) is 68.8 Å². The Labute approximate surface area is 167 Å². The minimum Gasteiger partial charge on any atom is -0.299 e. The van der Waals surface area contributed by atoms with Gasteiger partial charge in [-0.2, -0.15) is 0 Å². The Morgan fingerprint density at radius 2 is 1.78 bits per heavy atom. The van der Waals surface area contributed by atoms with Crippen LogP contribution in [0.15, 0.2) is 64.1 Å². The third-order valence-corrected chi connectivity index (χ3v) is 5.42.